The van der Waals surface area contributed by atoms with Gasteiger partial charge in [0, 0.05) is 18.0 Å². The summed E-state index contributed by atoms with van der Waals surface area (Å²) >= 11 is 6.37. The third-order valence-corrected chi connectivity index (χ3v) is 5.31. The summed E-state index contributed by atoms with van der Waals surface area (Å²) in [6.07, 6.45) is -0.0768. The molecule has 0 aliphatic heterocycles. The van der Waals surface area contributed by atoms with Crippen molar-refractivity contribution < 1.29 is 19.8 Å². The summed E-state index contributed by atoms with van der Waals surface area (Å²) in [6, 6.07) is 11.7. The maximum absolute atomic E-state index is 12.8. The molecule has 0 fully saturated rings. The molecule has 0 spiro atoms. The number of aryl methyl sites for hydroxylation is 2. The average molecular weight is 401 g/mol. The number of carbonyl (C=O) groups is 2. The van der Waals surface area contributed by atoms with Crippen molar-refractivity contribution in [2.45, 2.75) is 19.4 Å². The van der Waals surface area contributed by atoms with Gasteiger partial charge < -0.3 is 20.1 Å². The van der Waals surface area contributed by atoms with Crippen molar-refractivity contribution >= 4 is 34.4 Å². The first-order valence-electron chi connectivity index (χ1n) is 8.78. The van der Waals surface area contributed by atoms with Gasteiger partial charge in [-0.3, -0.25) is 9.59 Å². The summed E-state index contributed by atoms with van der Waals surface area (Å²) in [5.41, 5.74) is 3.56. The van der Waals surface area contributed by atoms with Crippen molar-refractivity contribution in [2.24, 2.45) is 7.05 Å². The van der Waals surface area contributed by atoms with Gasteiger partial charge in [-0.1, -0.05) is 41.9 Å². The van der Waals surface area contributed by atoms with E-state index in [1.165, 1.54) is 0 Å². The molecule has 0 saturated carbocycles. The Balaban J connectivity index is 1.84. The normalized spacial score (nSPS) is 12.1. The van der Waals surface area contributed by atoms with Crippen LogP contribution in [0.1, 0.15) is 33.2 Å². The lowest BCUT2D eigenvalue weighted by Gasteiger charge is -2.17. The molecule has 0 aliphatic rings. The molecule has 0 bridgehead atoms. The number of aliphatic carboxylic acids is 1. The van der Waals surface area contributed by atoms with Gasteiger partial charge in [-0.25, -0.2) is 0 Å². The summed E-state index contributed by atoms with van der Waals surface area (Å²) in [5.74, 6) is -1.24. The fourth-order valence-corrected chi connectivity index (χ4v) is 3.43. The standard InChI is InChI=1S/C21H21ClN2O4/c1-12-3-8-17-15(20(12)22)10-18(24(17)2)21(28)23-16(11-25)14-6-4-13(5-7-14)9-19(26)27/h3-8,10,16,25H,9,11H2,1-2H3,(H,23,28)(H,26,27)/t16-/m1/s1. The van der Waals surface area contributed by atoms with Crippen LogP contribution in [0.4, 0.5) is 0 Å². The van der Waals surface area contributed by atoms with Crippen LogP contribution in [0.2, 0.25) is 5.02 Å². The van der Waals surface area contributed by atoms with Crippen LogP contribution in [0.25, 0.3) is 10.9 Å². The Bertz CT molecular complexity index is 1040. The number of amides is 1. The molecular formula is C21H21ClN2O4. The van der Waals surface area contributed by atoms with Gasteiger partial charge >= 0.3 is 5.97 Å². The fourth-order valence-electron chi connectivity index (χ4n) is 3.21. The quantitative estimate of drug-likeness (QED) is 0.592. The molecule has 0 radical (unpaired) electrons. The van der Waals surface area contributed by atoms with E-state index in [9.17, 15) is 14.7 Å². The topological polar surface area (TPSA) is 91.6 Å². The van der Waals surface area contributed by atoms with Crippen molar-refractivity contribution in [1.82, 2.24) is 9.88 Å². The molecule has 146 valence electrons. The number of halogens is 1. The van der Waals surface area contributed by atoms with Crippen LogP contribution in [0, 0.1) is 6.92 Å². The van der Waals surface area contributed by atoms with Gasteiger partial charge in [0.1, 0.15) is 5.69 Å². The largest absolute Gasteiger partial charge is 0.481 e. The lowest BCUT2D eigenvalue weighted by molar-refractivity contribution is -0.136. The molecule has 3 rings (SSSR count). The second-order valence-electron chi connectivity index (χ2n) is 6.74. The monoisotopic (exact) mass is 400 g/mol. The summed E-state index contributed by atoms with van der Waals surface area (Å²) in [4.78, 5) is 23.6. The number of nitrogens with zero attached hydrogens (tertiary/aromatic N) is 1. The Hall–Kier alpha value is -2.83. The van der Waals surface area contributed by atoms with E-state index in [0.29, 0.717) is 21.8 Å². The number of carboxylic acids is 1. The van der Waals surface area contributed by atoms with Gasteiger partial charge in [0.25, 0.3) is 5.91 Å². The van der Waals surface area contributed by atoms with Crippen LogP contribution < -0.4 is 5.32 Å². The minimum absolute atomic E-state index is 0.0768. The van der Waals surface area contributed by atoms with E-state index in [2.05, 4.69) is 5.32 Å². The van der Waals surface area contributed by atoms with E-state index in [-0.39, 0.29) is 18.9 Å². The van der Waals surface area contributed by atoms with E-state index in [4.69, 9.17) is 16.7 Å². The predicted molar refractivity (Wildman–Crippen MR) is 108 cm³/mol. The summed E-state index contributed by atoms with van der Waals surface area (Å²) in [7, 11) is 1.79. The number of fused-ring (bicyclic) bond motifs is 1. The Morgan fingerprint density at radius 2 is 1.86 bits per heavy atom. The van der Waals surface area contributed by atoms with Crippen LogP contribution >= 0.6 is 11.6 Å². The first-order valence-corrected chi connectivity index (χ1v) is 9.16. The molecule has 1 amide bonds. The van der Waals surface area contributed by atoms with Crippen LogP contribution in [0.3, 0.4) is 0 Å². The lowest BCUT2D eigenvalue weighted by Crippen LogP contribution is -2.32. The molecule has 6 nitrogen and oxygen atoms in total. The molecule has 28 heavy (non-hydrogen) atoms. The number of aromatic nitrogens is 1. The highest BCUT2D eigenvalue weighted by Crippen LogP contribution is 2.29. The van der Waals surface area contributed by atoms with Gasteiger partial charge in [-0.15, -0.1) is 0 Å². The first kappa shape index (κ1) is 19.9. The second kappa shape index (κ2) is 8.04. The van der Waals surface area contributed by atoms with Crippen molar-refractivity contribution in [2.75, 3.05) is 6.61 Å². The molecule has 0 unspecified atom stereocenters. The molecule has 1 heterocycles. The molecule has 0 aliphatic carbocycles. The van der Waals surface area contributed by atoms with Gasteiger partial charge in [0.05, 0.1) is 24.1 Å². The van der Waals surface area contributed by atoms with Gasteiger partial charge in [-0.2, -0.15) is 0 Å². The van der Waals surface area contributed by atoms with Crippen molar-refractivity contribution in [3.8, 4) is 0 Å². The number of rotatable bonds is 6. The zero-order chi connectivity index (χ0) is 20.4. The van der Waals surface area contributed by atoms with Gasteiger partial charge in [-0.05, 0) is 35.7 Å². The van der Waals surface area contributed by atoms with E-state index >= 15 is 0 Å². The number of nitrogens with one attached hydrogen (secondary N) is 1. The molecule has 3 aromatic rings. The van der Waals surface area contributed by atoms with E-state index in [0.717, 1.165) is 16.5 Å². The summed E-state index contributed by atoms with van der Waals surface area (Å²) < 4.78 is 1.76. The number of hydrogen-bond donors (Lipinski definition) is 3. The predicted octanol–water partition coefficient (Wildman–Crippen LogP) is 3.23. The minimum Gasteiger partial charge on any atom is -0.481 e. The molecule has 7 heteroatoms. The Kier molecular flexibility index (Phi) is 5.72. The number of hydrogen-bond acceptors (Lipinski definition) is 3. The maximum Gasteiger partial charge on any atom is 0.307 e. The van der Waals surface area contributed by atoms with E-state index in [1.54, 1.807) is 41.9 Å². The van der Waals surface area contributed by atoms with Crippen LogP contribution in [-0.2, 0) is 18.3 Å². The molecule has 1 aromatic heterocycles. The Morgan fingerprint density at radius 1 is 1.18 bits per heavy atom. The highest BCUT2D eigenvalue weighted by atomic mass is 35.5. The summed E-state index contributed by atoms with van der Waals surface area (Å²) in [6.45, 7) is 1.62. The third kappa shape index (κ3) is 3.88. The van der Waals surface area contributed by atoms with Crippen molar-refractivity contribution in [3.05, 3.63) is 69.9 Å². The highest BCUT2D eigenvalue weighted by molar-refractivity contribution is 6.36. The Labute approximate surface area is 167 Å². The third-order valence-electron chi connectivity index (χ3n) is 4.81. The molecule has 0 saturated heterocycles. The highest BCUT2D eigenvalue weighted by Gasteiger charge is 2.20. The van der Waals surface area contributed by atoms with Crippen LogP contribution in [0.5, 0.6) is 0 Å². The maximum atomic E-state index is 12.8. The lowest BCUT2D eigenvalue weighted by atomic mass is 10.0. The van der Waals surface area contributed by atoms with Gasteiger partial charge in [0.2, 0.25) is 0 Å². The number of aliphatic hydroxyl groups is 1. The molecular weight excluding hydrogens is 380 g/mol. The van der Waals surface area contributed by atoms with Crippen molar-refractivity contribution in [1.29, 1.82) is 0 Å². The number of benzene rings is 2. The zero-order valence-corrected chi connectivity index (χ0v) is 16.3. The number of carbonyl (C=O) groups excluding carboxylic acids is 1. The number of carboxylic acid groups (broad SMARTS) is 1. The smallest absolute Gasteiger partial charge is 0.307 e. The first-order chi connectivity index (χ1) is 13.3. The molecule has 3 N–H and O–H groups in total. The summed E-state index contributed by atoms with van der Waals surface area (Å²) in [5, 5.41) is 22.8. The molecule has 2 aromatic carbocycles. The average Bonchev–Trinajstić information content (AvgIpc) is 3.00. The van der Waals surface area contributed by atoms with E-state index < -0.39 is 12.0 Å². The SMILES string of the molecule is Cc1ccc2c(cc(C(=O)N[C@H](CO)c3ccc(CC(=O)O)cc3)n2C)c1Cl. The van der Waals surface area contributed by atoms with Crippen LogP contribution in [-0.4, -0.2) is 33.3 Å². The zero-order valence-electron chi connectivity index (χ0n) is 15.6. The fraction of sp³-hybridized carbons (Fsp3) is 0.238. The van der Waals surface area contributed by atoms with Gasteiger partial charge in [0.15, 0.2) is 0 Å². The van der Waals surface area contributed by atoms with Crippen molar-refractivity contribution in [3.63, 3.8) is 0 Å². The minimum atomic E-state index is -0.913. The molecule has 1 atom stereocenters. The van der Waals surface area contributed by atoms with E-state index in [1.807, 2.05) is 19.1 Å². The Morgan fingerprint density at radius 3 is 2.46 bits per heavy atom. The van der Waals surface area contributed by atoms with Crippen LogP contribution in [0.15, 0.2) is 42.5 Å². The number of aliphatic hydroxyl groups excluding tert-OH is 1. The second-order valence-corrected chi connectivity index (χ2v) is 7.12.